The standard InChI is InChI=1S/C24H23N3O4/c1-17(20-13-8-14-31-20)25-21(28)16-27-22(29)24(26-23(27)30,19-11-6-3-7-12-19)15-18-9-4-2-5-10-18/h2-14,17H,15-16H2,1H3,(H,25,28)(H,26,30)/t17-,24+/m1/s1. The summed E-state index contributed by atoms with van der Waals surface area (Å²) >= 11 is 0. The monoisotopic (exact) mass is 417 g/mol. The first-order valence-corrected chi connectivity index (χ1v) is 10.1. The van der Waals surface area contributed by atoms with Crippen LogP contribution >= 0.6 is 0 Å². The molecule has 1 saturated heterocycles. The van der Waals surface area contributed by atoms with Gasteiger partial charge in [-0.25, -0.2) is 4.79 Å². The molecule has 2 atom stereocenters. The minimum Gasteiger partial charge on any atom is -0.467 e. The van der Waals surface area contributed by atoms with Crippen molar-refractivity contribution in [2.24, 2.45) is 0 Å². The topological polar surface area (TPSA) is 91.7 Å². The summed E-state index contributed by atoms with van der Waals surface area (Å²) in [6.07, 6.45) is 1.80. The van der Waals surface area contributed by atoms with E-state index in [1.54, 1.807) is 19.1 Å². The van der Waals surface area contributed by atoms with Crippen molar-refractivity contribution in [3.8, 4) is 0 Å². The van der Waals surface area contributed by atoms with E-state index in [0.717, 1.165) is 10.5 Å². The lowest BCUT2D eigenvalue weighted by molar-refractivity contribution is -0.135. The van der Waals surface area contributed by atoms with Gasteiger partial charge in [0.1, 0.15) is 12.3 Å². The molecular weight excluding hydrogens is 394 g/mol. The van der Waals surface area contributed by atoms with Gasteiger partial charge in [-0.3, -0.25) is 14.5 Å². The first-order valence-electron chi connectivity index (χ1n) is 10.1. The van der Waals surface area contributed by atoms with Gasteiger partial charge in [0.2, 0.25) is 5.91 Å². The number of nitrogens with one attached hydrogen (secondary N) is 2. The van der Waals surface area contributed by atoms with Gasteiger partial charge in [0.05, 0.1) is 12.3 Å². The molecule has 2 aromatic carbocycles. The van der Waals surface area contributed by atoms with Gasteiger partial charge >= 0.3 is 6.03 Å². The van der Waals surface area contributed by atoms with Crippen molar-refractivity contribution in [2.75, 3.05) is 6.54 Å². The van der Waals surface area contributed by atoms with Gasteiger partial charge < -0.3 is 15.1 Å². The number of furan rings is 1. The van der Waals surface area contributed by atoms with Crippen LogP contribution in [0.5, 0.6) is 0 Å². The van der Waals surface area contributed by atoms with Crippen LogP contribution in [0.1, 0.15) is 29.9 Å². The molecule has 0 saturated carbocycles. The number of imide groups is 1. The highest BCUT2D eigenvalue weighted by Crippen LogP contribution is 2.33. The molecule has 3 aromatic rings. The molecule has 1 aliphatic rings. The highest BCUT2D eigenvalue weighted by molar-refractivity contribution is 6.09. The van der Waals surface area contributed by atoms with E-state index in [1.807, 2.05) is 60.7 Å². The number of rotatable bonds is 7. The number of amides is 4. The Kier molecular flexibility index (Phi) is 5.58. The third-order valence-electron chi connectivity index (χ3n) is 5.40. The van der Waals surface area contributed by atoms with E-state index in [-0.39, 0.29) is 19.0 Å². The second kappa shape index (κ2) is 8.47. The lowest BCUT2D eigenvalue weighted by atomic mass is 9.83. The number of hydrogen-bond acceptors (Lipinski definition) is 4. The first kappa shape index (κ1) is 20.4. The highest BCUT2D eigenvalue weighted by atomic mass is 16.3. The Morgan fingerprint density at radius 1 is 1.03 bits per heavy atom. The van der Waals surface area contributed by atoms with Crippen LogP contribution < -0.4 is 10.6 Å². The average Bonchev–Trinajstić information content (AvgIpc) is 3.39. The van der Waals surface area contributed by atoms with E-state index in [9.17, 15) is 14.4 Å². The van der Waals surface area contributed by atoms with E-state index in [2.05, 4.69) is 10.6 Å². The zero-order valence-electron chi connectivity index (χ0n) is 17.1. The number of nitrogens with zero attached hydrogens (tertiary/aromatic N) is 1. The van der Waals surface area contributed by atoms with Crippen LogP contribution in [0.4, 0.5) is 4.79 Å². The maximum absolute atomic E-state index is 13.5. The van der Waals surface area contributed by atoms with Crippen LogP contribution in [0.15, 0.2) is 83.5 Å². The zero-order chi connectivity index (χ0) is 21.8. The number of carbonyl (C=O) groups excluding carboxylic acids is 3. The van der Waals surface area contributed by atoms with Crippen LogP contribution in [-0.4, -0.2) is 29.3 Å². The molecular formula is C24H23N3O4. The predicted molar refractivity (Wildman–Crippen MR) is 114 cm³/mol. The molecule has 2 N–H and O–H groups in total. The highest BCUT2D eigenvalue weighted by Gasteiger charge is 2.52. The Labute approximate surface area is 180 Å². The number of urea groups is 1. The maximum Gasteiger partial charge on any atom is 0.325 e. The molecule has 4 amide bonds. The molecule has 0 aliphatic carbocycles. The molecule has 1 fully saturated rings. The summed E-state index contributed by atoms with van der Waals surface area (Å²) in [5.41, 5.74) is 0.300. The quantitative estimate of drug-likeness (QED) is 0.578. The largest absolute Gasteiger partial charge is 0.467 e. The Morgan fingerprint density at radius 2 is 1.71 bits per heavy atom. The van der Waals surface area contributed by atoms with Crippen molar-refractivity contribution in [2.45, 2.75) is 24.9 Å². The summed E-state index contributed by atoms with van der Waals surface area (Å²) in [6, 6.07) is 21.1. The molecule has 31 heavy (non-hydrogen) atoms. The van der Waals surface area contributed by atoms with E-state index < -0.39 is 23.4 Å². The normalized spacial score (nSPS) is 19.2. The predicted octanol–water partition coefficient (Wildman–Crippen LogP) is 3.15. The lowest BCUT2D eigenvalue weighted by Gasteiger charge is -2.27. The van der Waals surface area contributed by atoms with Crippen molar-refractivity contribution in [1.29, 1.82) is 0 Å². The van der Waals surface area contributed by atoms with Crippen molar-refractivity contribution in [1.82, 2.24) is 15.5 Å². The van der Waals surface area contributed by atoms with Gasteiger partial charge in [0.25, 0.3) is 5.91 Å². The van der Waals surface area contributed by atoms with Crippen LogP contribution in [0.25, 0.3) is 0 Å². The van der Waals surface area contributed by atoms with Gasteiger partial charge in [0, 0.05) is 6.42 Å². The second-order valence-electron chi connectivity index (χ2n) is 7.56. The van der Waals surface area contributed by atoms with Gasteiger partial charge in [0.15, 0.2) is 5.54 Å². The summed E-state index contributed by atoms with van der Waals surface area (Å²) in [5.74, 6) is -0.308. The zero-order valence-corrected chi connectivity index (χ0v) is 17.1. The maximum atomic E-state index is 13.5. The van der Waals surface area contributed by atoms with E-state index in [0.29, 0.717) is 11.3 Å². The molecule has 1 aromatic heterocycles. The number of hydrogen-bond donors (Lipinski definition) is 2. The fourth-order valence-electron chi connectivity index (χ4n) is 3.85. The molecule has 7 heteroatoms. The smallest absolute Gasteiger partial charge is 0.325 e. The van der Waals surface area contributed by atoms with Crippen molar-refractivity contribution < 1.29 is 18.8 Å². The molecule has 7 nitrogen and oxygen atoms in total. The molecule has 158 valence electrons. The van der Waals surface area contributed by atoms with Crippen LogP contribution in [0.3, 0.4) is 0 Å². The summed E-state index contributed by atoms with van der Waals surface area (Å²) in [5, 5.41) is 5.62. The fourth-order valence-corrected chi connectivity index (χ4v) is 3.85. The molecule has 0 unspecified atom stereocenters. The summed E-state index contributed by atoms with van der Waals surface area (Å²) < 4.78 is 5.29. The number of benzene rings is 2. The van der Waals surface area contributed by atoms with E-state index in [4.69, 9.17) is 4.42 Å². The molecule has 0 spiro atoms. The van der Waals surface area contributed by atoms with Crippen molar-refractivity contribution >= 4 is 17.8 Å². The molecule has 0 bridgehead atoms. The van der Waals surface area contributed by atoms with Crippen LogP contribution in [0.2, 0.25) is 0 Å². The SMILES string of the molecule is C[C@@H](NC(=O)CN1C(=O)N[C@@](Cc2ccccc2)(c2ccccc2)C1=O)c1ccco1. The third-order valence-corrected chi connectivity index (χ3v) is 5.40. The van der Waals surface area contributed by atoms with Crippen molar-refractivity contribution in [3.05, 3.63) is 95.9 Å². The Balaban J connectivity index is 1.57. The lowest BCUT2D eigenvalue weighted by Crippen LogP contribution is -2.47. The molecule has 1 aliphatic heterocycles. The minimum atomic E-state index is -1.27. The van der Waals surface area contributed by atoms with E-state index >= 15 is 0 Å². The summed E-state index contributed by atoms with van der Waals surface area (Å²) in [6.45, 7) is 1.39. The van der Waals surface area contributed by atoms with Gasteiger partial charge in [-0.2, -0.15) is 0 Å². The Bertz CT molecular complexity index is 1070. The van der Waals surface area contributed by atoms with E-state index in [1.165, 1.54) is 6.26 Å². The van der Waals surface area contributed by atoms with Crippen LogP contribution in [0, 0.1) is 0 Å². The molecule has 2 heterocycles. The minimum absolute atomic E-state index is 0.281. The third kappa shape index (κ3) is 4.07. The Morgan fingerprint density at radius 3 is 2.35 bits per heavy atom. The van der Waals surface area contributed by atoms with Crippen molar-refractivity contribution in [3.63, 3.8) is 0 Å². The molecule has 4 rings (SSSR count). The summed E-state index contributed by atoms with van der Waals surface area (Å²) in [7, 11) is 0. The van der Waals surface area contributed by atoms with Gasteiger partial charge in [-0.15, -0.1) is 0 Å². The van der Waals surface area contributed by atoms with Gasteiger partial charge in [-0.1, -0.05) is 60.7 Å². The Hall–Kier alpha value is -3.87. The van der Waals surface area contributed by atoms with Crippen LogP contribution in [-0.2, 0) is 21.5 Å². The molecule has 0 radical (unpaired) electrons. The van der Waals surface area contributed by atoms with Gasteiger partial charge in [-0.05, 0) is 30.2 Å². The number of carbonyl (C=O) groups is 3. The fraction of sp³-hybridized carbons (Fsp3) is 0.208. The average molecular weight is 417 g/mol. The second-order valence-corrected chi connectivity index (χ2v) is 7.56. The first-order chi connectivity index (χ1) is 15.0. The summed E-state index contributed by atoms with van der Waals surface area (Å²) in [4.78, 5) is 39.9.